The fourth-order valence-corrected chi connectivity index (χ4v) is 9.90. The largest absolute Gasteiger partial charge is 0.378 e. The number of aryl methyl sites for hydroxylation is 4. The summed E-state index contributed by atoms with van der Waals surface area (Å²) in [6.45, 7) is 13.9. The maximum atomic E-state index is 14.5. The Morgan fingerprint density at radius 1 is 0.576 bits per heavy atom. The smallest absolute Gasteiger partial charge is 0.255 e. The number of halogens is 1. The van der Waals surface area contributed by atoms with Gasteiger partial charge in [0.1, 0.15) is 29.5 Å². The summed E-state index contributed by atoms with van der Waals surface area (Å²) >= 11 is 0. The number of benzene rings is 6. The van der Waals surface area contributed by atoms with E-state index >= 15 is 0 Å². The predicted octanol–water partition coefficient (Wildman–Crippen LogP) is 11.5. The third-order valence-electron chi connectivity index (χ3n) is 14.7. The number of aromatic nitrogens is 6. The molecule has 19 nitrogen and oxygen atoms in total. The van der Waals surface area contributed by atoms with Crippen molar-refractivity contribution in [2.75, 3.05) is 52.5 Å². The molecule has 6 N–H and O–H groups in total. The normalized spacial score (nSPS) is 12.7. The zero-order valence-corrected chi connectivity index (χ0v) is 47.6. The van der Waals surface area contributed by atoms with E-state index in [0.29, 0.717) is 105 Å². The van der Waals surface area contributed by atoms with Gasteiger partial charge in [-0.2, -0.15) is 15.5 Å². The summed E-state index contributed by atoms with van der Waals surface area (Å²) in [5.41, 5.74) is 11.9. The molecule has 0 aliphatic carbocycles. The Morgan fingerprint density at radius 3 is 1.61 bits per heavy atom. The molecular weight excluding hydrogens is 1080 g/mol. The maximum Gasteiger partial charge on any atom is 0.255 e. The zero-order chi connectivity index (χ0) is 59.7. The van der Waals surface area contributed by atoms with Crippen LogP contribution in [0, 0.1) is 44.8 Å². The van der Waals surface area contributed by atoms with Crippen molar-refractivity contribution in [3.63, 3.8) is 0 Å². The predicted molar refractivity (Wildman–Crippen MR) is 326 cm³/mol. The van der Waals surface area contributed by atoms with E-state index in [2.05, 4.69) is 52.1 Å². The molecule has 0 bridgehead atoms. The number of amides is 4. The van der Waals surface area contributed by atoms with E-state index in [1.807, 2.05) is 137 Å². The minimum absolute atomic E-state index is 0.162. The SMILES string of the molecule is Cc1ccc(C(=O)Nc2cc(F)cc(N3CCOCC3)c2)cc1Nc1ncnn2cc(C(=O)N[C@@H](C)c3ccccc3)c(C)c12.Cc1ccc(NC(=O)c2ccc(C#N)cc2)cc1Nc1ncnn2cc(C(=O)N[C@@H](C)c3ccccc3)c(C)c12. The molecule has 1 aliphatic rings. The molecule has 4 aromatic heterocycles. The molecule has 4 amide bonds. The highest BCUT2D eigenvalue weighted by Gasteiger charge is 2.23. The summed E-state index contributed by atoms with van der Waals surface area (Å²) in [5.74, 6) is -0.502. The summed E-state index contributed by atoms with van der Waals surface area (Å²) in [6, 6.07) is 43.0. The van der Waals surface area contributed by atoms with Gasteiger partial charge in [-0.05, 0) is 142 Å². The van der Waals surface area contributed by atoms with Gasteiger partial charge in [-0.25, -0.2) is 23.4 Å². The van der Waals surface area contributed by atoms with Crippen LogP contribution in [0.5, 0.6) is 0 Å². The van der Waals surface area contributed by atoms with E-state index in [9.17, 15) is 23.6 Å². The van der Waals surface area contributed by atoms with Crippen molar-refractivity contribution >= 4 is 74.7 Å². The Morgan fingerprint density at radius 2 is 1.07 bits per heavy atom. The van der Waals surface area contributed by atoms with Gasteiger partial charge in [-0.3, -0.25) is 19.2 Å². The lowest BCUT2D eigenvalue weighted by atomic mass is 10.1. The van der Waals surface area contributed by atoms with Crippen molar-refractivity contribution in [3.05, 3.63) is 232 Å². The Labute approximate surface area is 489 Å². The summed E-state index contributed by atoms with van der Waals surface area (Å²) in [5, 5.41) is 36.2. The molecule has 10 aromatic rings. The summed E-state index contributed by atoms with van der Waals surface area (Å²) in [6.07, 6.45) is 6.22. The number of morpholine rings is 1. The number of hydrogen-bond donors (Lipinski definition) is 6. The highest BCUT2D eigenvalue weighted by Crippen LogP contribution is 2.32. The first-order chi connectivity index (χ1) is 41.1. The van der Waals surface area contributed by atoms with Crippen LogP contribution in [0.2, 0.25) is 0 Å². The number of carbonyl (C=O) groups is 4. The van der Waals surface area contributed by atoms with Crippen LogP contribution in [0.25, 0.3) is 11.0 Å². The lowest BCUT2D eigenvalue weighted by Gasteiger charge is -2.29. The highest BCUT2D eigenvalue weighted by molar-refractivity contribution is 6.06. The number of anilines is 7. The Bertz CT molecular complexity index is 4160. The molecule has 0 spiro atoms. The first-order valence-corrected chi connectivity index (χ1v) is 27.5. The Balaban J connectivity index is 0.000000190. The molecule has 85 heavy (non-hydrogen) atoms. The van der Waals surface area contributed by atoms with Crippen LogP contribution in [0.4, 0.5) is 44.5 Å². The molecule has 20 heteroatoms. The molecular formula is C65H61FN14O5. The minimum atomic E-state index is -0.432. The summed E-state index contributed by atoms with van der Waals surface area (Å²) in [4.78, 5) is 63.4. The van der Waals surface area contributed by atoms with Crippen LogP contribution in [0.3, 0.4) is 0 Å². The molecule has 6 aromatic carbocycles. The van der Waals surface area contributed by atoms with E-state index in [1.54, 1.807) is 63.9 Å². The topological polar surface area (TPSA) is 237 Å². The van der Waals surface area contributed by atoms with Crippen molar-refractivity contribution < 1.29 is 28.3 Å². The van der Waals surface area contributed by atoms with Crippen LogP contribution in [-0.2, 0) is 4.74 Å². The first-order valence-electron chi connectivity index (χ1n) is 27.5. The lowest BCUT2D eigenvalue weighted by molar-refractivity contribution is 0.0931. The molecule has 1 saturated heterocycles. The second-order valence-corrected chi connectivity index (χ2v) is 20.6. The number of fused-ring (bicyclic) bond motifs is 2. The van der Waals surface area contributed by atoms with Gasteiger partial charge in [0.2, 0.25) is 0 Å². The number of ether oxygens (including phenoxy) is 1. The molecule has 0 unspecified atom stereocenters. The average molecular weight is 1140 g/mol. The van der Waals surface area contributed by atoms with Crippen molar-refractivity contribution in [1.29, 1.82) is 5.26 Å². The van der Waals surface area contributed by atoms with Crippen LogP contribution in [0.15, 0.2) is 165 Å². The van der Waals surface area contributed by atoms with Gasteiger partial charge < -0.3 is 41.5 Å². The van der Waals surface area contributed by atoms with Crippen LogP contribution >= 0.6 is 0 Å². The Hall–Kier alpha value is -10.8. The second kappa shape index (κ2) is 25.6. The average Bonchev–Trinajstić information content (AvgIpc) is 3.11. The number of hydrogen-bond acceptors (Lipinski definition) is 13. The molecule has 11 rings (SSSR count). The van der Waals surface area contributed by atoms with Gasteiger partial charge in [-0.15, -0.1) is 0 Å². The minimum Gasteiger partial charge on any atom is -0.378 e. The Kier molecular flexibility index (Phi) is 17.3. The molecule has 1 aliphatic heterocycles. The molecule has 0 radical (unpaired) electrons. The van der Waals surface area contributed by atoms with Gasteiger partial charge in [0.05, 0.1) is 48.1 Å². The van der Waals surface area contributed by atoms with E-state index in [4.69, 9.17) is 10.00 Å². The number of nitriles is 1. The third kappa shape index (κ3) is 13.3. The van der Waals surface area contributed by atoms with Crippen LogP contribution in [-0.4, -0.2) is 79.1 Å². The van der Waals surface area contributed by atoms with E-state index < -0.39 is 5.82 Å². The van der Waals surface area contributed by atoms with E-state index in [-0.39, 0.29) is 35.7 Å². The van der Waals surface area contributed by atoms with Crippen LogP contribution in [0.1, 0.15) is 106 Å². The van der Waals surface area contributed by atoms with Gasteiger partial charge in [-0.1, -0.05) is 72.8 Å². The van der Waals surface area contributed by atoms with Gasteiger partial charge in [0.15, 0.2) is 11.6 Å². The van der Waals surface area contributed by atoms with Crippen molar-refractivity contribution in [1.82, 2.24) is 39.8 Å². The maximum absolute atomic E-state index is 14.5. The fourth-order valence-electron chi connectivity index (χ4n) is 9.90. The first kappa shape index (κ1) is 57.5. The summed E-state index contributed by atoms with van der Waals surface area (Å²) in [7, 11) is 0. The van der Waals surface area contributed by atoms with Crippen molar-refractivity contribution in [2.24, 2.45) is 0 Å². The van der Waals surface area contributed by atoms with E-state index in [0.717, 1.165) is 33.5 Å². The second-order valence-electron chi connectivity index (χ2n) is 20.6. The van der Waals surface area contributed by atoms with Gasteiger partial charge in [0, 0.05) is 65.0 Å². The highest BCUT2D eigenvalue weighted by atomic mass is 19.1. The molecule has 428 valence electrons. The molecule has 1 fully saturated rings. The number of nitrogens with one attached hydrogen (secondary N) is 6. The standard InChI is InChI=1S/C34H34FN7O3.C31H27N7O2/c1-21-9-10-25(33(43)39-27-16-26(35)17-28(18-27)41-11-13-45-14-12-41)15-30(21)40-32-31-22(2)29(19-42(31)37-20-36-32)34(44)38-23(3)24-7-5-4-6-8-24;1-19-9-14-25(36-30(39)24-12-10-22(16-32)11-13-24)15-27(19)37-29-28-20(2)26(17-38(28)34-18-33-29)31(40)35-21(3)23-7-5-4-6-8-23/h4-10,15-20,23H,11-14H2,1-3H3,(H,38,44)(H,39,43)(H,36,37,40);4-15,17-18,21H,1-3H3,(H,35,40)(H,36,39)(H,33,34,37)/t23-;21-/m00/s1. The zero-order valence-electron chi connectivity index (χ0n) is 47.6. The molecule has 2 atom stereocenters. The van der Waals surface area contributed by atoms with Crippen LogP contribution < -0.4 is 36.8 Å². The quantitative estimate of drug-likeness (QED) is 0.0561. The number of rotatable bonds is 15. The summed E-state index contributed by atoms with van der Waals surface area (Å²) < 4.78 is 23.1. The molecule has 0 saturated carbocycles. The fraction of sp³-hybridized carbons (Fsp3) is 0.185. The van der Waals surface area contributed by atoms with Gasteiger partial charge in [0.25, 0.3) is 23.6 Å². The van der Waals surface area contributed by atoms with Crippen molar-refractivity contribution in [2.45, 2.75) is 53.6 Å². The lowest BCUT2D eigenvalue weighted by Crippen LogP contribution is -2.36. The van der Waals surface area contributed by atoms with Gasteiger partial charge >= 0.3 is 0 Å². The monoisotopic (exact) mass is 1140 g/mol. The number of carbonyl (C=O) groups excluding carboxylic acids is 4. The number of nitrogens with zero attached hydrogens (tertiary/aromatic N) is 8. The third-order valence-corrected chi connectivity index (χ3v) is 14.7. The van der Waals surface area contributed by atoms with Crippen molar-refractivity contribution in [3.8, 4) is 6.07 Å². The molecule has 5 heterocycles. The van der Waals surface area contributed by atoms with E-state index in [1.165, 1.54) is 24.8 Å².